The second kappa shape index (κ2) is 19.0. The maximum absolute atomic E-state index is 12.7. The van der Waals surface area contributed by atoms with Crippen molar-refractivity contribution in [3.63, 3.8) is 0 Å². The highest BCUT2D eigenvalue weighted by Gasteiger charge is 2.28. The van der Waals surface area contributed by atoms with Gasteiger partial charge >= 0.3 is 23.9 Å². The summed E-state index contributed by atoms with van der Waals surface area (Å²) >= 11 is 0. The number of hydrogen-bond acceptors (Lipinski definition) is 12. The van der Waals surface area contributed by atoms with Gasteiger partial charge in [0.25, 0.3) is 0 Å². The average molecular weight is 634 g/mol. The molecule has 0 amide bonds. The monoisotopic (exact) mass is 633 g/mol. The van der Waals surface area contributed by atoms with E-state index >= 15 is 0 Å². The fourth-order valence-corrected chi connectivity index (χ4v) is 3.52. The Bertz CT molecular complexity index is 895. The van der Waals surface area contributed by atoms with Gasteiger partial charge in [0.05, 0.1) is 32.7 Å². The Morgan fingerprint density at radius 3 is 1.02 bits per heavy atom. The van der Waals surface area contributed by atoms with Crippen LogP contribution in [0.2, 0.25) is 0 Å². The van der Waals surface area contributed by atoms with Crippen molar-refractivity contribution in [2.24, 2.45) is 0 Å². The molecule has 44 heavy (non-hydrogen) atoms. The van der Waals surface area contributed by atoms with Gasteiger partial charge in [0.1, 0.15) is 22.4 Å². The number of ketones is 1. The lowest BCUT2D eigenvalue weighted by Gasteiger charge is -2.31. The summed E-state index contributed by atoms with van der Waals surface area (Å²) in [5.74, 6) is -3.31. The molecule has 13 heteroatoms. The molecule has 0 atom stereocenters. The molecule has 0 radical (unpaired) electrons. The molecule has 0 aliphatic rings. The van der Waals surface area contributed by atoms with E-state index in [-0.39, 0.29) is 52.4 Å². The standard InChI is InChI=1S/C29H53N3O10.C2H6/c1-26(2,3)40-23(36)18-31(17-22(34)35)14-12-30(16-21(33)29(10,11)39)13-15-32(19-24(37)41-27(4,5)6)20-25(38)42-28(7,8)9;1-2/h39H,12-20H2,1-11H3,(H,34,35);1-2H3. The molecule has 2 N–H and O–H groups in total. The highest BCUT2D eigenvalue weighted by molar-refractivity contribution is 5.88. The lowest BCUT2D eigenvalue weighted by Crippen LogP contribution is -2.48. The molecule has 0 heterocycles. The highest BCUT2D eigenvalue weighted by atomic mass is 16.6. The number of ether oxygens (including phenoxy) is 3. The molecule has 0 bridgehead atoms. The lowest BCUT2D eigenvalue weighted by molar-refractivity contribution is -0.160. The molecule has 0 aliphatic carbocycles. The second-order valence-corrected chi connectivity index (χ2v) is 13.8. The van der Waals surface area contributed by atoms with E-state index in [0.29, 0.717) is 0 Å². The minimum Gasteiger partial charge on any atom is -0.480 e. The topological polar surface area (TPSA) is 163 Å². The van der Waals surface area contributed by atoms with Gasteiger partial charge < -0.3 is 24.4 Å². The van der Waals surface area contributed by atoms with E-state index < -0.39 is 58.6 Å². The van der Waals surface area contributed by atoms with Crippen molar-refractivity contribution in [2.45, 2.75) is 112 Å². The van der Waals surface area contributed by atoms with Crippen molar-refractivity contribution in [3.8, 4) is 0 Å². The van der Waals surface area contributed by atoms with Crippen LogP contribution in [0.4, 0.5) is 0 Å². The smallest absolute Gasteiger partial charge is 0.320 e. The first-order chi connectivity index (χ1) is 19.8. The van der Waals surface area contributed by atoms with Crippen molar-refractivity contribution in [2.75, 3.05) is 58.9 Å². The van der Waals surface area contributed by atoms with Crippen LogP contribution in [0.5, 0.6) is 0 Å². The zero-order valence-corrected chi connectivity index (χ0v) is 29.4. The van der Waals surface area contributed by atoms with Crippen LogP contribution in [-0.4, -0.2) is 136 Å². The summed E-state index contributed by atoms with van der Waals surface area (Å²) in [7, 11) is 0. The molecule has 0 aliphatic heterocycles. The summed E-state index contributed by atoms with van der Waals surface area (Å²) in [5.41, 5.74) is -3.84. The number of hydrogen-bond donors (Lipinski definition) is 2. The molecule has 258 valence electrons. The molecule has 0 saturated heterocycles. The Kier molecular flexibility index (Phi) is 18.8. The zero-order valence-electron chi connectivity index (χ0n) is 29.4. The summed E-state index contributed by atoms with van der Waals surface area (Å²) in [5, 5.41) is 19.6. The first-order valence-corrected chi connectivity index (χ1v) is 15.1. The zero-order chi connectivity index (χ0) is 35.1. The van der Waals surface area contributed by atoms with Gasteiger partial charge in [-0.2, -0.15) is 0 Å². The van der Waals surface area contributed by atoms with E-state index in [9.17, 15) is 34.2 Å². The molecule has 13 nitrogen and oxygen atoms in total. The predicted molar refractivity (Wildman–Crippen MR) is 167 cm³/mol. The number of carboxylic acid groups (broad SMARTS) is 1. The summed E-state index contributed by atoms with van der Waals surface area (Å²) < 4.78 is 16.1. The summed E-state index contributed by atoms with van der Waals surface area (Å²) in [6.45, 7) is 21.4. The Hall–Kier alpha value is -2.61. The van der Waals surface area contributed by atoms with Crippen LogP contribution in [0.25, 0.3) is 0 Å². The molecule has 0 unspecified atom stereocenters. The summed E-state index contributed by atoms with van der Waals surface area (Å²) in [4.78, 5) is 66.3. The second-order valence-electron chi connectivity index (χ2n) is 13.8. The number of Topliss-reactive ketones (excluding diaryl/α,β-unsaturated/α-hetero) is 1. The fraction of sp³-hybridized carbons (Fsp3) is 0.839. The average Bonchev–Trinajstić information content (AvgIpc) is 2.76. The minimum absolute atomic E-state index is 0.0861. The van der Waals surface area contributed by atoms with Gasteiger partial charge in [-0.1, -0.05) is 13.8 Å². The van der Waals surface area contributed by atoms with Crippen LogP contribution in [0.15, 0.2) is 0 Å². The molecular formula is C31H59N3O10. The number of carbonyl (C=O) groups excluding carboxylic acids is 4. The van der Waals surface area contributed by atoms with Gasteiger partial charge in [0, 0.05) is 26.2 Å². The van der Waals surface area contributed by atoms with Crippen molar-refractivity contribution in [3.05, 3.63) is 0 Å². The van der Waals surface area contributed by atoms with Crippen molar-refractivity contribution < 1.29 is 48.4 Å². The van der Waals surface area contributed by atoms with Crippen LogP contribution < -0.4 is 0 Å². The lowest BCUT2D eigenvalue weighted by atomic mass is 10.0. The molecular weight excluding hydrogens is 574 g/mol. The minimum atomic E-state index is -1.62. The van der Waals surface area contributed by atoms with E-state index in [0.717, 1.165) is 0 Å². The number of nitrogens with zero attached hydrogens (tertiary/aromatic N) is 3. The third-order valence-corrected chi connectivity index (χ3v) is 5.19. The number of carbonyl (C=O) groups is 5. The third-order valence-electron chi connectivity index (χ3n) is 5.19. The van der Waals surface area contributed by atoms with Gasteiger partial charge in [-0.3, -0.25) is 38.7 Å². The van der Waals surface area contributed by atoms with E-state index in [1.807, 2.05) is 13.8 Å². The van der Waals surface area contributed by atoms with Crippen molar-refractivity contribution >= 4 is 29.7 Å². The van der Waals surface area contributed by atoms with E-state index in [1.54, 1.807) is 72.1 Å². The number of esters is 3. The van der Waals surface area contributed by atoms with Crippen LogP contribution in [0, 0.1) is 0 Å². The van der Waals surface area contributed by atoms with E-state index in [4.69, 9.17) is 14.2 Å². The Balaban J connectivity index is 0. The largest absolute Gasteiger partial charge is 0.480 e. The highest BCUT2D eigenvalue weighted by Crippen LogP contribution is 2.11. The van der Waals surface area contributed by atoms with Crippen LogP contribution in [0.1, 0.15) is 90.0 Å². The van der Waals surface area contributed by atoms with Crippen LogP contribution in [0.3, 0.4) is 0 Å². The Morgan fingerprint density at radius 1 is 0.500 bits per heavy atom. The molecule has 0 saturated carbocycles. The Labute approximate surface area is 264 Å². The van der Waals surface area contributed by atoms with Gasteiger partial charge in [0.15, 0.2) is 5.78 Å². The number of aliphatic carboxylic acids is 1. The quantitative estimate of drug-likeness (QED) is 0.177. The maximum Gasteiger partial charge on any atom is 0.320 e. The first kappa shape index (κ1) is 43.5. The molecule has 0 aromatic carbocycles. The number of rotatable bonds is 17. The molecule has 0 aromatic rings. The summed E-state index contributed by atoms with van der Waals surface area (Å²) in [6.07, 6.45) is 0. The first-order valence-electron chi connectivity index (χ1n) is 15.1. The van der Waals surface area contributed by atoms with Crippen LogP contribution in [-0.2, 0) is 38.2 Å². The van der Waals surface area contributed by atoms with Gasteiger partial charge in [0.2, 0.25) is 0 Å². The van der Waals surface area contributed by atoms with Gasteiger partial charge in [-0.25, -0.2) is 0 Å². The Morgan fingerprint density at radius 2 is 0.773 bits per heavy atom. The van der Waals surface area contributed by atoms with Crippen molar-refractivity contribution in [1.29, 1.82) is 0 Å². The van der Waals surface area contributed by atoms with Gasteiger partial charge in [-0.15, -0.1) is 0 Å². The molecule has 0 spiro atoms. The van der Waals surface area contributed by atoms with E-state index in [2.05, 4.69) is 0 Å². The van der Waals surface area contributed by atoms with Crippen molar-refractivity contribution in [1.82, 2.24) is 14.7 Å². The predicted octanol–water partition coefficient (Wildman–Crippen LogP) is 2.37. The number of carboxylic acids is 1. The molecule has 0 rings (SSSR count). The molecule has 0 fully saturated rings. The summed E-state index contributed by atoms with van der Waals surface area (Å²) in [6, 6.07) is 0. The van der Waals surface area contributed by atoms with Gasteiger partial charge in [-0.05, 0) is 76.2 Å². The van der Waals surface area contributed by atoms with E-state index in [1.165, 1.54) is 18.7 Å². The third kappa shape index (κ3) is 24.8. The maximum atomic E-state index is 12.7. The molecule has 0 aromatic heterocycles. The van der Waals surface area contributed by atoms with Crippen LogP contribution >= 0.6 is 0 Å². The normalized spacial score (nSPS) is 12.5. The fourth-order valence-electron chi connectivity index (χ4n) is 3.52. The number of aliphatic hydroxyl groups is 1. The SMILES string of the molecule is CC.CC(C)(C)OC(=O)CN(CCN(CCN(CC(=O)OC(C)(C)C)CC(=O)OC(C)(C)C)CC(=O)C(C)(C)O)CC(=O)O.